The Labute approximate surface area is 84.5 Å². The van der Waals surface area contributed by atoms with E-state index >= 15 is 0 Å². The molecule has 0 aromatic heterocycles. The van der Waals surface area contributed by atoms with Crippen molar-refractivity contribution in [2.24, 2.45) is 11.8 Å². The van der Waals surface area contributed by atoms with E-state index in [0.717, 1.165) is 11.8 Å². The number of rotatable bonds is 5. The maximum atomic E-state index is 2.37. The highest BCUT2D eigenvalue weighted by atomic mass is 15.1. The summed E-state index contributed by atoms with van der Waals surface area (Å²) in [6, 6.07) is 0. The van der Waals surface area contributed by atoms with Gasteiger partial charge in [0.2, 0.25) is 0 Å². The third kappa shape index (κ3) is 5.30. The van der Waals surface area contributed by atoms with Crippen LogP contribution in [0.4, 0.5) is 0 Å². The minimum Gasteiger partial charge on any atom is -0.304 e. The average molecular weight is 185 g/mol. The molecule has 0 aliphatic rings. The van der Waals surface area contributed by atoms with E-state index < -0.39 is 0 Å². The van der Waals surface area contributed by atoms with E-state index in [1.807, 2.05) is 0 Å². The average Bonchev–Trinajstić information content (AvgIpc) is 1.82. The highest BCUT2D eigenvalue weighted by Gasteiger charge is 2.23. The largest absolute Gasteiger partial charge is 0.304 e. The molecule has 0 aliphatic heterocycles. The van der Waals surface area contributed by atoms with E-state index in [9.17, 15) is 0 Å². The van der Waals surface area contributed by atoms with Crippen LogP contribution in [0.1, 0.15) is 47.5 Å². The summed E-state index contributed by atoms with van der Waals surface area (Å²) in [6.45, 7) is 11.6. The van der Waals surface area contributed by atoms with E-state index in [-0.39, 0.29) is 0 Å². The van der Waals surface area contributed by atoms with E-state index in [4.69, 9.17) is 0 Å². The summed E-state index contributed by atoms with van der Waals surface area (Å²) < 4.78 is 0. The van der Waals surface area contributed by atoms with Gasteiger partial charge in [0.1, 0.15) is 0 Å². The lowest BCUT2D eigenvalue weighted by molar-refractivity contribution is 0.152. The maximum Gasteiger partial charge on any atom is 0.0149 e. The second-order valence-corrected chi connectivity index (χ2v) is 5.65. The molecule has 0 rings (SSSR count). The quantitative estimate of drug-likeness (QED) is 0.634. The zero-order valence-electron chi connectivity index (χ0n) is 10.5. The van der Waals surface area contributed by atoms with Gasteiger partial charge in [0.15, 0.2) is 0 Å². The van der Waals surface area contributed by atoms with E-state index in [1.165, 1.54) is 12.8 Å². The fourth-order valence-electron chi connectivity index (χ4n) is 1.92. The molecule has 0 aromatic rings. The third-order valence-corrected chi connectivity index (χ3v) is 2.93. The van der Waals surface area contributed by atoms with Crippen molar-refractivity contribution in [2.75, 3.05) is 14.1 Å². The standard InChI is InChI=1S/C12H27N/c1-10(2)8-11(3)9-12(4,5)13(6)7/h10-11H,8-9H2,1-7H3. The molecule has 0 heterocycles. The number of hydrogen-bond donors (Lipinski definition) is 0. The molecule has 0 aromatic carbocycles. The Bertz CT molecular complexity index is 136. The summed E-state index contributed by atoms with van der Waals surface area (Å²) in [6.07, 6.45) is 2.63. The highest BCUT2D eigenvalue weighted by molar-refractivity contribution is 4.79. The van der Waals surface area contributed by atoms with Crippen LogP contribution in [0.5, 0.6) is 0 Å². The molecule has 13 heavy (non-hydrogen) atoms. The Hall–Kier alpha value is -0.0400. The first kappa shape index (κ1) is 13.0. The second-order valence-electron chi connectivity index (χ2n) is 5.65. The van der Waals surface area contributed by atoms with Crippen molar-refractivity contribution in [3.05, 3.63) is 0 Å². The first-order valence-electron chi connectivity index (χ1n) is 5.43. The fourth-order valence-corrected chi connectivity index (χ4v) is 1.92. The molecule has 0 aliphatic carbocycles. The molecule has 80 valence electrons. The van der Waals surface area contributed by atoms with Crippen LogP contribution in [0.15, 0.2) is 0 Å². The van der Waals surface area contributed by atoms with Crippen LogP contribution < -0.4 is 0 Å². The molecule has 0 saturated heterocycles. The Morgan fingerprint density at radius 3 is 1.85 bits per heavy atom. The van der Waals surface area contributed by atoms with Crippen LogP contribution >= 0.6 is 0 Å². The first-order valence-corrected chi connectivity index (χ1v) is 5.43. The molecule has 0 radical (unpaired) electrons. The van der Waals surface area contributed by atoms with Gasteiger partial charge in [-0.3, -0.25) is 0 Å². The molecule has 0 saturated carbocycles. The summed E-state index contributed by atoms with van der Waals surface area (Å²) in [4.78, 5) is 2.32. The number of nitrogens with zero attached hydrogens (tertiary/aromatic N) is 1. The zero-order chi connectivity index (χ0) is 10.6. The minimum absolute atomic E-state index is 0.342. The molecule has 1 unspecified atom stereocenters. The topological polar surface area (TPSA) is 3.24 Å². The minimum atomic E-state index is 0.342. The van der Waals surface area contributed by atoms with Gasteiger partial charge in [-0.1, -0.05) is 20.8 Å². The third-order valence-electron chi connectivity index (χ3n) is 2.93. The van der Waals surface area contributed by atoms with Crippen LogP contribution in [0.2, 0.25) is 0 Å². The molecular weight excluding hydrogens is 158 g/mol. The second kappa shape index (κ2) is 4.99. The molecule has 1 nitrogen and oxygen atoms in total. The van der Waals surface area contributed by atoms with Crippen LogP contribution in [0.25, 0.3) is 0 Å². The SMILES string of the molecule is CC(C)CC(C)CC(C)(C)N(C)C. The summed E-state index contributed by atoms with van der Waals surface area (Å²) in [7, 11) is 4.34. The van der Waals surface area contributed by atoms with Crippen molar-refractivity contribution in [1.29, 1.82) is 0 Å². The molecule has 0 N–H and O–H groups in total. The Morgan fingerprint density at radius 1 is 1.08 bits per heavy atom. The first-order chi connectivity index (χ1) is 5.75. The van der Waals surface area contributed by atoms with Crippen LogP contribution in [-0.2, 0) is 0 Å². The molecule has 0 amide bonds. The van der Waals surface area contributed by atoms with Crippen molar-refractivity contribution in [3.63, 3.8) is 0 Å². The molecule has 0 bridgehead atoms. The van der Waals surface area contributed by atoms with Gasteiger partial charge in [-0.05, 0) is 52.6 Å². The lowest BCUT2D eigenvalue weighted by atomic mass is 9.86. The molecule has 0 spiro atoms. The molecule has 0 fully saturated rings. The monoisotopic (exact) mass is 185 g/mol. The zero-order valence-corrected chi connectivity index (χ0v) is 10.5. The van der Waals surface area contributed by atoms with Gasteiger partial charge in [0, 0.05) is 5.54 Å². The maximum absolute atomic E-state index is 2.37. The van der Waals surface area contributed by atoms with Gasteiger partial charge >= 0.3 is 0 Å². The highest BCUT2D eigenvalue weighted by Crippen LogP contribution is 2.25. The molecule has 1 heteroatoms. The van der Waals surface area contributed by atoms with Gasteiger partial charge in [0.05, 0.1) is 0 Å². The van der Waals surface area contributed by atoms with Crippen LogP contribution in [-0.4, -0.2) is 24.5 Å². The predicted molar refractivity (Wildman–Crippen MR) is 61.0 cm³/mol. The fraction of sp³-hybridized carbons (Fsp3) is 1.00. The van der Waals surface area contributed by atoms with Gasteiger partial charge in [-0.15, -0.1) is 0 Å². The molecule has 1 atom stereocenters. The van der Waals surface area contributed by atoms with E-state index in [2.05, 4.69) is 53.6 Å². The van der Waals surface area contributed by atoms with Crippen molar-refractivity contribution in [3.8, 4) is 0 Å². The Morgan fingerprint density at radius 2 is 1.54 bits per heavy atom. The summed E-state index contributed by atoms with van der Waals surface area (Å²) in [5.41, 5.74) is 0.342. The van der Waals surface area contributed by atoms with Crippen molar-refractivity contribution >= 4 is 0 Å². The number of hydrogen-bond acceptors (Lipinski definition) is 1. The predicted octanol–water partition coefficient (Wildman–Crippen LogP) is 3.40. The van der Waals surface area contributed by atoms with Gasteiger partial charge < -0.3 is 4.90 Å². The van der Waals surface area contributed by atoms with Gasteiger partial charge in [0.25, 0.3) is 0 Å². The van der Waals surface area contributed by atoms with Crippen LogP contribution in [0.3, 0.4) is 0 Å². The van der Waals surface area contributed by atoms with E-state index in [0.29, 0.717) is 5.54 Å². The summed E-state index contributed by atoms with van der Waals surface area (Å²) in [5, 5.41) is 0. The Kier molecular flexibility index (Phi) is 4.98. The lowest BCUT2D eigenvalue weighted by Crippen LogP contribution is -2.39. The van der Waals surface area contributed by atoms with E-state index in [1.54, 1.807) is 0 Å². The smallest absolute Gasteiger partial charge is 0.0149 e. The van der Waals surface area contributed by atoms with Gasteiger partial charge in [-0.2, -0.15) is 0 Å². The van der Waals surface area contributed by atoms with Gasteiger partial charge in [-0.25, -0.2) is 0 Å². The van der Waals surface area contributed by atoms with Crippen LogP contribution in [0, 0.1) is 11.8 Å². The summed E-state index contributed by atoms with van der Waals surface area (Å²) in [5.74, 6) is 1.66. The lowest BCUT2D eigenvalue weighted by Gasteiger charge is -2.35. The van der Waals surface area contributed by atoms with Crippen molar-refractivity contribution in [2.45, 2.75) is 53.0 Å². The summed E-state index contributed by atoms with van der Waals surface area (Å²) >= 11 is 0. The molecular formula is C12H27N. The Balaban J connectivity index is 3.96. The van der Waals surface area contributed by atoms with Crippen molar-refractivity contribution in [1.82, 2.24) is 4.90 Å². The van der Waals surface area contributed by atoms with Crippen molar-refractivity contribution < 1.29 is 0 Å². The normalized spacial score (nSPS) is 15.5.